The Morgan fingerprint density at radius 3 is 2.15 bits per heavy atom. The Kier molecular flexibility index (Phi) is 8.54. The normalized spacial score (nSPS) is 11.7. The summed E-state index contributed by atoms with van der Waals surface area (Å²) in [7, 11) is -3.44. The molecule has 4 heteroatoms. The quantitative estimate of drug-likeness (QED) is 0.452. The van der Waals surface area contributed by atoms with E-state index in [0.29, 0.717) is 6.61 Å². The van der Waals surface area contributed by atoms with Gasteiger partial charge in [0.1, 0.15) is 5.75 Å². The lowest BCUT2D eigenvalue weighted by atomic mass is 10.1. The van der Waals surface area contributed by atoms with E-state index >= 15 is 0 Å². The van der Waals surface area contributed by atoms with Crippen LogP contribution < -0.4 is 0 Å². The van der Waals surface area contributed by atoms with Gasteiger partial charge in [-0.05, 0) is 12.0 Å². The van der Waals surface area contributed by atoms with Crippen LogP contribution in [0.25, 0.3) is 0 Å². The molecule has 0 heterocycles. The van der Waals surface area contributed by atoms with Gasteiger partial charge in [-0.1, -0.05) is 75.8 Å². The maximum atomic E-state index is 11.8. The van der Waals surface area contributed by atoms with Crippen LogP contribution in [0.5, 0.6) is 0 Å². The fraction of sp³-hybridized carbons (Fsp3) is 0.625. The molecule has 0 amide bonds. The molecule has 1 rings (SSSR count). The lowest BCUT2D eigenvalue weighted by Gasteiger charge is -2.06. The minimum atomic E-state index is -3.44. The largest absolute Gasteiger partial charge is 0.271 e. The van der Waals surface area contributed by atoms with Gasteiger partial charge in [-0.3, -0.25) is 4.18 Å². The topological polar surface area (TPSA) is 43.4 Å². The first-order chi connectivity index (χ1) is 9.64. The Morgan fingerprint density at radius 1 is 0.900 bits per heavy atom. The zero-order chi connectivity index (χ0) is 14.7. The summed E-state index contributed by atoms with van der Waals surface area (Å²) >= 11 is 0. The Balaban J connectivity index is 2.11. The highest BCUT2D eigenvalue weighted by Crippen LogP contribution is 2.10. The predicted octanol–water partition coefficient (Wildman–Crippen LogP) is 4.28. The van der Waals surface area contributed by atoms with Crippen LogP contribution in [0.4, 0.5) is 0 Å². The van der Waals surface area contributed by atoms with Crippen molar-refractivity contribution in [2.24, 2.45) is 0 Å². The van der Waals surface area contributed by atoms with E-state index in [4.69, 9.17) is 4.18 Å². The molecule has 0 aromatic heterocycles. The lowest BCUT2D eigenvalue weighted by Crippen LogP contribution is -2.09. The fourth-order valence-electron chi connectivity index (χ4n) is 2.07. The van der Waals surface area contributed by atoms with Crippen LogP contribution in [-0.4, -0.2) is 15.0 Å². The first kappa shape index (κ1) is 17.2. The Bertz CT molecular complexity index is 440. The highest BCUT2D eigenvalue weighted by Gasteiger charge is 2.11. The van der Waals surface area contributed by atoms with Gasteiger partial charge in [0.05, 0.1) is 6.61 Å². The number of hydrogen-bond donors (Lipinski definition) is 0. The van der Waals surface area contributed by atoms with E-state index in [9.17, 15) is 8.42 Å². The lowest BCUT2D eigenvalue weighted by molar-refractivity contribution is 0.305. The number of hydrogen-bond acceptors (Lipinski definition) is 3. The van der Waals surface area contributed by atoms with Crippen molar-refractivity contribution < 1.29 is 12.6 Å². The van der Waals surface area contributed by atoms with Crippen molar-refractivity contribution in [3.8, 4) is 0 Å². The van der Waals surface area contributed by atoms with Crippen LogP contribution in [0, 0.1) is 0 Å². The molecule has 0 saturated carbocycles. The number of rotatable bonds is 11. The SMILES string of the molecule is CCCCCCCCCOS(=O)(=O)Cc1ccccc1. The van der Waals surface area contributed by atoms with Crippen molar-refractivity contribution in [3.05, 3.63) is 35.9 Å². The van der Waals surface area contributed by atoms with Gasteiger partial charge in [0.25, 0.3) is 10.1 Å². The van der Waals surface area contributed by atoms with Crippen LogP contribution in [0.3, 0.4) is 0 Å². The van der Waals surface area contributed by atoms with E-state index in [2.05, 4.69) is 6.92 Å². The molecule has 0 aliphatic rings. The zero-order valence-corrected chi connectivity index (χ0v) is 13.2. The summed E-state index contributed by atoms with van der Waals surface area (Å²) in [6.45, 7) is 2.51. The van der Waals surface area contributed by atoms with E-state index in [0.717, 1.165) is 18.4 Å². The molecule has 0 saturated heterocycles. The maximum absolute atomic E-state index is 11.8. The van der Waals surface area contributed by atoms with Crippen LogP contribution in [-0.2, 0) is 20.1 Å². The fourth-order valence-corrected chi connectivity index (χ4v) is 3.12. The molecule has 0 spiro atoms. The standard InChI is InChI=1S/C16H26O3S/c1-2-3-4-5-6-7-11-14-19-20(17,18)15-16-12-9-8-10-13-16/h8-10,12-13H,2-7,11,14-15H2,1H3. The van der Waals surface area contributed by atoms with Crippen molar-refractivity contribution in [1.29, 1.82) is 0 Å². The van der Waals surface area contributed by atoms with Gasteiger partial charge >= 0.3 is 0 Å². The van der Waals surface area contributed by atoms with E-state index in [1.54, 1.807) is 12.1 Å². The molecule has 1 aromatic rings. The summed E-state index contributed by atoms with van der Waals surface area (Å²) in [5.74, 6) is -0.0374. The van der Waals surface area contributed by atoms with Crippen LogP contribution >= 0.6 is 0 Å². The second-order valence-electron chi connectivity index (χ2n) is 5.13. The molecule has 0 fully saturated rings. The molecule has 3 nitrogen and oxygen atoms in total. The first-order valence-corrected chi connectivity index (χ1v) is 9.13. The Hall–Kier alpha value is -0.870. The molecule has 0 bridgehead atoms. The van der Waals surface area contributed by atoms with Gasteiger partial charge < -0.3 is 0 Å². The predicted molar refractivity (Wildman–Crippen MR) is 83.0 cm³/mol. The van der Waals surface area contributed by atoms with Crippen LogP contribution in [0.1, 0.15) is 57.4 Å². The molecule has 20 heavy (non-hydrogen) atoms. The second-order valence-corrected chi connectivity index (χ2v) is 6.77. The van der Waals surface area contributed by atoms with Crippen molar-refractivity contribution in [1.82, 2.24) is 0 Å². The monoisotopic (exact) mass is 298 g/mol. The summed E-state index contributed by atoms with van der Waals surface area (Å²) in [4.78, 5) is 0. The Labute approximate surface area is 123 Å². The minimum Gasteiger partial charge on any atom is -0.270 e. The summed E-state index contributed by atoms with van der Waals surface area (Å²) in [5.41, 5.74) is 0.770. The molecule has 0 aliphatic heterocycles. The second kappa shape index (κ2) is 9.94. The third-order valence-corrected chi connectivity index (χ3v) is 4.41. The van der Waals surface area contributed by atoms with Gasteiger partial charge in [0.2, 0.25) is 0 Å². The van der Waals surface area contributed by atoms with Gasteiger partial charge in [0.15, 0.2) is 0 Å². The molecular formula is C16H26O3S. The van der Waals surface area contributed by atoms with Crippen LogP contribution in [0.15, 0.2) is 30.3 Å². The van der Waals surface area contributed by atoms with Gasteiger partial charge in [0, 0.05) is 0 Å². The van der Waals surface area contributed by atoms with E-state index in [1.165, 1.54) is 32.1 Å². The molecular weight excluding hydrogens is 272 g/mol. The summed E-state index contributed by atoms with van der Waals surface area (Å²) < 4.78 is 28.5. The molecule has 0 aliphatic carbocycles. The van der Waals surface area contributed by atoms with E-state index in [1.807, 2.05) is 18.2 Å². The highest BCUT2D eigenvalue weighted by molar-refractivity contribution is 7.85. The Morgan fingerprint density at radius 2 is 1.50 bits per heavy atom. The minimum absolute atomic E-state index is 0.0374. The number of benzene rings is 1. The average Bonchev–Trinajstić information content (AvgIpc) is 2.42. The molecule has 114 valence electrons. The zero-order valence-electron chi connectivity index (χ0n) is 12.4. The van der Waals surface area contributed by atoms with Gasteiger partial charge in [-0.15, -0.1) is 0 Å². The van der Waals surface area contributed by atoms with Gasteiger partial charge in [-0.25, -0.2) is 0 Å². The third kappa shape index (κ3) is 8.33. The first-order valence-electron chi connectivity index (χ1n) is 7.55. The maximum Gasteiger partial charge on any atom is 0.271 e. The molecule has 0 radical (unpaired) electrons. The summed E-state index contributed by atoms with van der Waals surface area (Å²) in [6, 6.07) is 9.14. The number of unbranched alkanes of at least 4 members (excludes halogenated alkanes) is 6. The van der Waals surface area contributed by atoms with Crippen molar-refractivity contribution in [2.75, 3.05) is 6.61 Å². The van der Waals surface area contributed by atoms with Crippen LogP contribution in [0.2, 0.25) is 0 Å². The molecule has 1 aromatic carbocycles. The van der Waals surface area contributed by atoms with Gasteiger partial charge in [-0.2, -0.15) is 8.42 Å². The van der Waals surface area contributed by atoms with E-state index in [-0.39, 0.29) is 5.75 Å². The molecule has 0 N–H and O–H groups in total. The summed E-state index contributed by atoms with van der Waals surface area (Å²) in [5, 5.41) is 0. The molecule has 0 atom stereocenters. The van der Waals surface area contributed by atoms with Crippen molar-refractivity contribution >= 4 is 10.1 Å². The van der Waals surface area contributed by atoms with Crippen molar-refractivity contribution in [3.63, 3.8) is 0 Å². The highest BCUT2D eigenvalue weighted by atomic mass is 32.2. The van der Waals surface area contributed by atoms with Crippen molar-refractivity contribution in [2.45, 2.75) is 57.6 Å². The average molecular weight is 298 g/mol. The molecule has 0 unspecified atom stereocenters. The third-order valence-electron chi connectivity index (χ3n) is 3.20. The smallest absolute Gasteiger partial charge is 0.270 e. The van der Waals surface area contributed by atoms with E-state index < -0.39 is 10.1 Å². The summed E-state index contributed by atoms with van der Waals surface area (Å²) in [6.07, 6.45) is 8.10.